The summed E-state index contributed by atoms with van der Waals surface area (Å²) in [5.41, 5.74) is 12.9. The molecule has 0 saturated heterocycles. The summed E-state index contributed by atoms with van der Waals surface area (Å²) in [4.78, 5) is 4.17. The molecule has 0 unspecified atom stereocenters. The number of nitrogen functional groups attached to an aromatic ring is 2. The largest absolute Gasteiger partial charge is 0.399 e. The van der Waals surface area contributed by atoms with Crippen molar-refractivity contribution in [1.29, 1.82) is 0 Å². The van der Waals surface area contributed by atoms with Crippen LogP contribution in [0.3, 0.4) is 0 Å². The number of rotatable bonds is 1. The normalized spacial score (nSPS) is 10.2. The van der Waals surface area contributed by atoms with Crippen molar-refractivity contribution in [3.63, 3.8) is 0 Å². The van der Waals surface area contributed by atoms with Crippen molar-refractivity contribution < 1.29 is 0 Å². The molecular weight excluding hydrogens is 182 g/mol. The van der Waals surface area contributed by atoms with Gasteiger partial charge in [0.25, 0.3) is 0 Å². The second-order valence-corrected chi connectivity index (χ2v) is 3.56. The van der Waals surface area contributed by atoms with Crippen molar-refractivity contribution in [2.45, 2.75) is 0 Å². The van der Waals surface area contributed by atoms with Crippen LogP contribution in [0.5, 0.6) is 0 Å². The molecular formula is C9H9N3S. The number of hydrogen-bond donors (Lipinski definition) is 2. The van der Waals surface area contributed by atoms with Crippen LogP contribution in [-0.4, -0.2) is 4.98 Å². The fraction of sp³-hybridized carbons (Fsp3) is 0. The molecule has 0 atom stereocenters. The zero-order valence-corrected chi connectivity index (χ0v) is 7.71. The molecule has 0 saturated carbocycles. The minimum Gasteiger partial charge on any atom is -0.399 e. The minimum atomic E-state index is 0.567. The van der Waals surface area contributed by atoms with Gasteiger partial charge in [0.05, 0.1) is 0 Å². The Morgan fingerprint density at radius 1 is 1.08 bits per heavy atom. The minimum absolute atomic E-state index is 0.567. The van der Waals surface area contributed by atoms with Gasteiger partial charge in [0.15, 0.2) is 0 Å². The van der Waals surface area contributed by atoms with Crippen LogP contribution in [0.4, 0.5) is 11.5 Å². The Kier molecular flexibility index (Phi) is 1.90. The third kappa shape index (κ3) is 1.62. The van der Waals surface area contributed by atoms with Gasteiger partial charge >= 0.3 is 0 Å². The summed E-state index contributed by atoms with van der Waals surface area (Å²) in [7, 11) is 0. The van der Waals surface area contributed by atoms with E-state index in [1.165, 1.54) is 11.3 Å². The highest BCUT2D eigenvalue weighted by atomic mass is 32.1. The van der Waals surface area contributed by atoms with Gasteiger partial charge in [-0.25, -0.2) is 4.98 Å². The van der Waals surface area contributed by atoms with Gasteiger partial charge in [-0.1, -0.05) is 0 Å². The second-order valence-electron chi connectivity index (χ2n) is 2.70. The highest BCUT2D eigenvalue weighted by molar-refractivity contribution is 7.13. The quantitative estimate of drug-likeness (QED) is 0.677. The topological polar surface area (TPSA) is 64.9 Å². The van der Waals surface area contributed by atoms with E-state index in [4.69, 9.17) is 11.5 Å². The Morgan fingerprint density at radius 3 is 2.31 bits per heavy atom. The van der Waals surface area contributed by atoms with Gasteiger partial charge in [0.2, 0.25) is 0 Å². The molecule has 1 aromatic heterocycles. The molecule has 4 heteroatoms. The zero-order chi connectivity index (χ0) is 9.26. The Labute approximate surface area is 80.0 Å². The number of hydrogen-bond acceptors (Lipinski definition) is 4. The molecule has 1 heterocycles. The lowest BCUT2D eigenvalue weighted by Crippen LogP contribution is -1.85. The molecule has 0 aliphatic carbocycles. The molecule has 66 valence electrons. The Balaban J connectivity index is 2.41. The molecule has 1 aromatic carbocycles. The van der Waals surface area contributed by atoms with Crippen LogP contribution in [0.25, 0.3) is 10.6 Å². The Morgan fingerprint density at radius 2 is 1.77 bits per heavy atom. The van der Waals surface area contributed by atoms with Crippen molar-refractivity contribution in [3.8, 4) is 10.6 Å². The molecule has 0 radical (unpaired) electrons. The van der Waals surface area contributed by atoms with Gasteiger partial charge in [-0.3, -0.25) is 0 Å². The van der Waals surface area contributed by atoms with Crippen LogP contribution in [0.15, 0.2) is 29.6 Å². The first kappa shape index (κ1) is 8.07. The SMILES string of the molecule is Nc1ccc(-c2nc(N)cs2)cc1. The summed E-state index contributed by atoms with van der Waals surface area (Å²) in [5, 5.41) is 2.75. The van der Waals surface area contributed by atoms with Crippen LogP contribution in [-0.2, 0) is 0 Å². The van der Waals surface area contributed by atoms with Crippen LogP contribution in [0, 0.1) is 0 Å². The second kappa shape index (κ2) is 3.06. The van der Waals surface area contributed by atoms with E-state index in [0.29, 0.717) is 5.82 Å². The van der Waals surface area contributed by atoms with E-state index in [9.17, 15) is 0 Å². The van der Waals surface area contributed by atoms with Gasteiger partial charge in [-0.15, -0.1) is 11.3 Å². The zero-order valence-electron chi connectivity index (χ0n) is 6.90. The van der Waals surface area contributed by atoms with E-state index in [1.807, 2.05) is 29.6 Å². The van der Waals surface area contributed by atoms with Crippen LogP contribution in [0.1, 0.15) is 0 Å². The summed E-state index contributed by atoms with van der Waals surface area (Å²) in [6.45, 7) is 0. The molecule has 13 heavy (non-hydrogen) atoms. The molecule has 0 spiro atoms. The van der Waals surface area contributed by atoms with Gasteiger partial charge in [0, 0.05) is 16.6 Å². The maximum Gasteiger partial charge on any atom is 0.135 e. The summed E-state index contributed by atoms with van der Waals surface area (Å²) in [6, 6.07) is 7.58. The van der Waals surface area contributed by atoms with Crippen LogP contribution >= 0.6 is 11.3 Å². The molecule has 0 bridgehead atoms. The first-order chi connectivity index (χ1) is 6.25. The average molecular weight is 191 g/mol. The third-order valence-corrected chi connectivity index (χ3v) is 2.59. The lowest BCUT2D eigenvalue weighted by Gasteiger charge is -1.95. The number of benzene rings is 1. The van der Waals surface area contributed by atoms with Crippen molar-refractivity contribution in [2.24, 2.45) is 0 Å². The van der Waals surface area contributed by atoms with E-state index < -0.39 is 0 Å². The van der Waals surface area contributed by atoms with E-state index in [1.54, 1.807) is 0 Å². The van der Waals surface area contributed by atoms with E-state index in [2.05, 4.69) is 4.98 Å². The number of thiazole rings is 1. The van der Waals surface area contributed by atoms with E-state index in [-0.39, 0.29) is 0 Å². The van der Waals surface area contributed by atoms with E-state index >= 15 is 0 Å². The highest BCUT2D eigenvalue weighted by Gasteiger charge is 2.01. The fourth-order valence-corrected chi connectivity index (χ4v) is 1.76. The Hall–Kier alpha value is -1.55. The lowest BCUT2D eigenvalue weighted by molar-refractivity contribution is 1.42. The van der Waals surface area contributed by atoms with Gasteiger partial charge in [-0.05, 0) is 24.3 Å². The smallest absolute Gasteiger partial charge is 0.135 e. The van der Waals surface area contributed by atoms with Crippen molar-refractivity contribution in [2.75, 3.05) is 11.5 Å². The fourth-order valence-electron chi connectivity index (χ4n) is 1.04. The predicted octanol–water partition coefficient (Wildman–Crippen LogP) is 1.97. The standard InChI is InChI=1S/C9H9N3S/c10-7-3-1-6(2-4-7)9-12-8(11)5-13-9/h1-5H,10-11H2. The molecule has 2 rings (SSSR count). The third-order valence-electron chi connectivity index (χ3n) is 1.68. The first-order valence-electron chi connectivity index (χ1n) is 3.82. The average Bonchev–Trinajstić information content (AvgIpc) is 2.53. The maximum atomic E-state index is 5.57. The van der Waals surface area contributed by atoms with Crippen molar-refractivity contribution in [3.05, 3.63) is 29.6 Å². The lowest BCUT2D eigenvalue weighted by atomic mass is 10.2. The number of anilines is 2. The highest BCUT2D eigenvalue weighted by Crippen LogP contribution is 2.24. The van der Waals surface area contributed by atoms with Gasteiger partial charge < -0.3 is 11.5 Å². The summed E-state index contributed by atoms with van der Waals surface area (Å²) >= 11 is 1.53. The molecule has 4 N–H and O–H groups in total. The van der Waals surface area contributed by atoms with Crippen molar-refractivity contribution in [1.82, 2.24) is 4.98 Å². The molecule has 2 aromatic rings. The van der Waals surface area contributed by atoms with Gasteiger partial charge in [-0.2, -0.15) is 0 Å². The van der Waals surface area contributed by atoms with E-state index in [0.717, 1.165) is 16.3 Å². The number of nitrogens with zero attached hydrogens (tertiary/aromatic N) is 1. The molecule has 0 fully saturated rings. The Bertz CT molecular complexity index is 405. The molecule has 0 aliphatic heterocycles. The van der Waals surface area contributed by atoms with Gasteiger partial charge in [0.1, 0.15) is 10.8 Å². The summed E-state index contributed by atoms with van der Waals surface area (Å²) in [6.07, 6.45) is 0. The maximum absolute atomic E-state index is 5.57. The first-order valence-corrected chi connectivity index (χ1v) is 4.70. The van der Waals surface area contributed by atoms with Crippen molar-refractivity contribution >= 4 is 22.8 Å². The monoisotopic (exact) mass is 191 g/mol. The van der Waals surface area contributed by atoms with Crippen LogP contribution in [0.2, 0.25) is 0 Å². The molecule has 0 amide bonds. The van der Waals surface area contributed by atoms with Crippen LogP contribution < -0.4 is 11.5 Å². The molecule has 0 aliphatic rings. The predicted molar refractivity (Wildman–Crippen MR) is 56.4 cm³/mol. The number of aromatic nitrogens is 1. The number of nitrogens with two attached hydrogens (primary N) is 2. The summed E-state index contributed by atoms with van der Waals surface area (Å²) in [5.74, 6) is 0.567. The molecule has 3 nitrogen and oxygen atoms in total. The summed E-state index contributed by atoms with van der Waals surface area (Å²) < 4.78 is 0.